The van der Waals surface area contributed by atoms with E-state index >= 15 is 0 Å². The van der Waals surface area contributed by atoms with E-state index in [2.05, 4.69) is 85.5 Å². The molecule has 304 valence electrons. The van der Waals surface area contributed by atoms with Crippen molar-refractivity contribution in [2.75, 3.05) is 20.2 Å². The Morgan fingerprint density at radius 2 is 1.13 bits per heavy atom. The number of allylic oxidation sites excluding steroid dienone is 8. The molecule has 0 aromatic carbocycles. The number of pyridine rings is 1. The molecule has 2 rings (SSSR count). The van der Waals surface area contributed by atoms with Crippen LogP contribution in [0.4, 0.5) is 0 Å². The summed E-state index contributed by atoms with van der Waals surface area (Å²) >= 11 is 0. The largest absolute Gasteiger partial charge is 0.347 e. The molecular weight excluding hydrogens is 649 g/mol. The molecule has 2 heterocycles. The van der Waals surface area contributed by atoms with Crippen molar-refractivity contribution < 1.29 is 9.47 Å². The maximum absolute atomic E-state index is 6.81. The van der Waals surface area contributed by atoms with Gasteiger partial charge in [0, 0.05) is 38.3 Å². The smallest absolute Gasteiger partial charge is 0.168 e. The average molecular weight is 735 g/mol. The normalized spacial score (nSPS) is 16.0. The van der Waals surface area contributed by atoms with E-state index < -0.39 is 0 Å². The van der Waals surface area contributed by atoms with E-state index in [-0.39, 0.29) is 19.3 Å². The van der Waals surface area contributed by atoms with E-state index in [1.165, 1.54) is 147 Å². The molecule has 0 saturated carbocycles. The van der Waals surface area contributed by atoms with Crippen LogP contribution in [0.1, 0.15) is 200 Å². The Bertz CT molecular complexity index is 984. The van der Waals surface area contributed by atoms with Crippen molar-refractivity contribution in [3.63, 3.8) is 0 Å². The highest BCUT2D eigenvalue weighted by Gasteiger charge is 2.40. The van der Waals surface area contributed by atoms with Crippen molar-refractivity contribution >= 4 is 0 Å². The summed E-state index contributed by atoms with van der Waals surface area (Å²) in [5.41, 5.74) is 1.26. The van der Waals surface area contributed by atoms with Gasteiger partial charge >= 0.3 is 0 Å². The molecule has 0 N–H and O–H groups in total. The Labute approximate surface area is 330 Å². The monoisotopic (exact) mass is 735 g/mol. The number of unbranched alkanes of at least 4 members (excludes halogenated alkanes) is 18. The van der Waals surface area contributed by atoms with Gasteiger partial charge in [-0.25, -0.2) is 0 Å². The van der Waals surface area contributed by atoms with Gasteiger partial charge in [-0.3, -0.25) is 4.98 Å². The quantitative estimate of drug-likeness (QED) is 0.0514. The molecule has 1 aliphatic heterocycles. The van der Waals surface area contributed by atoms with Crippen LogP contribution in [-0.2, 0) is 16.0 Å². The van der Waals surface area contributed by atoms with Crippen LogP contribution in [0, 0.1) is 0 Å². The molecular formula is C49H86N2O2. The molecule has 1 aliphatic rings. The van der Waals surface area contributed by atoms with Crippen LogP contribution in [0.3, 0.4) is 0 Å². The Morgan fingerprint density at radius 1 is 0.660 bits per heavy atom. The highest BCUT2D eigenvalue weighted by Crippen LogP contribution is 2.35. The maximum Gasteiger partial charge on any atom is 0.168 e. The van der Waals surface area contributed by atoms with E-state index in [1.807, 2.05) is 18.5 Å². The lowest BCUT2D eigenvalue weighted by molar-refractivity contribution is -0.180. The van der Waals surface area contributed by atoms with Gasteiger partial charge in [-0.2, -0.15) is 0 Å². The second-order valence-corrected chi connectivity index (χ2v) is 15.5. The summed E-state index contributed by atoms with van der Waals surface area (Å²) in [6.45, 7) is 7.21. The summed E-state index contributed by atoms with van der Waals surface area (Å²) in [5, 5.41) is 0. The van der Waals surface area contributed by atoms with Crippen LogP contribution >= 0.6 is 0 Å². The van der Waals surface area contributed by atoms with Crippen LogP contribution in [0.25, 0.3) is 0 Å². The third-order valence-corrected chi connectivity index (χ3v) is 10.4. The number of hydrogen-bond donors (Lipinski definition) is 0. The lowest BCUT2D eigenvalue weighted by Crippen LogP contribution is -2.32. The van der Waals surface area contributed by atoms with E-state index in [9.17, 15) is 0 Å². The second-order valence-electron chi connectivity index (χ2n) is 15.5. The Balaban J connectivity index is 0.0000140. The third kappa shape index (κ3) is 28.1. The second kappa shape index (κ2) is 35.7. The number of nitrogens with zero attached hydrogens (tertiary/aromatic N) is 2. The summed E-state index contributed by atoms with van der Waals surface area (Å²) in [5.74, 6) is -0.364. The first kappa shape index (κ1) is 49.0. The van der Waals surface area contributed by atoms with Crippen LogP contribution in [-0.4, -0.2) is 42.0 Å². The van der Waals surface area contributed by atoms with Crippen molar-refractivity contribution in [1.29, 1.82) is 0 Å². The van der Waals surface area contributed by atoms with Crippen molar-refractivity contribution in [2.24, 2.45) is 0 Å². The van der Waals surface area contributed by atoms with Crippen LogP contribution in [0.5, 0.6) is 0 Å². The lowest BCUT2D eigenvalue weighted by Gasteiger charge is -2.29. The van der Waals surface area contributed by atoms with Gasteiger partial charge in [-0.1, -0.05) is 153 Å². The Morgan fingerprint density at radius 3 is 1.60 bits per heavy atom. The molecule has 0 bridgehead atoms. The van der Waals surface area contributed by atoms with Gasteiger partial charge in [0.1, 0.15) is 0 Å². The first-order valence-electron chi connectivity index (χ1n) is 22.2. The topological polar surface area (TPSA) is 34.6 Å². The first-order chi connectivity index (χ1) is 25.7. The molecule has 53 heavy (non-hydrogen) atoms. The minimum atomic E-state index is -0.364. The predicted octanol–water partition coefficient (Wildman–Crippen LogP) is 15.1. The van der Waals surface area contributed by atoms with Gasteiger partial charge in [0.15, 0.2) is 5.79 Å². The molecule has 1 saturated heterocycles. The first-order valence-corrected chi connectivity index (χ1v) is 22.2. The zero-order valence-corrected chi connectivity index (χ0v) is 34.4. The van der Waals surface area contributed by atoms with E-state index in [1.54, 1.807) is 0 Å². The van der Waals surface area contributed by atoms with Crippen LogP contribution in [0.2, 0.25) is 0 Å². The molecule has 0 spiro atoms. The van der Waals surface area contributed by atoms with Crippen molar-refractivity contribution in [3.8, 4) is 0 Å². The van der Waals surface area contributed by atoms with Crippen molar-refractivity contribution in [2.45, 2.75) is 213 Å². The number of aromatic nitrogens is 1. The van der Waals surface area contributed by atoms with Crippen molar-refractivity contribution in [1.82, 2.24) is 9.88 Å². The van der Waals surface area contributed by atoms with Gasteiger partial charge in [-0.05, 0) is 102 Å². The average Bonchev–Trinajstić information content (AvgIpc) is 3.57. The van der Waals surface area contributed by atoms with Gasteiger partial charge in [-0.15, -0.1) is 0 Å². The fraction of sp³-hybridized carbons (Fsp3) is 0.735. The molecule has 0 radical (unpaired) electrons. The fourth-order valence-electron chi connectivity index (χ4n) is 7.16. The third-order valence-electron chi connectivity index (χ3n) is 10.4. The maximum atomic E-state index is 6.81. The fourth-order valence-corrected chi connectivity index (χ4v) is 7.16. The standard InChI is InChI=1S/C48H82N2O2.CH4/c1-4-6-8-10-12-14-16-18-20-22-24-26-28-30-32-34-39-48(51-45-47(52-48)38-42-50(3)44-46-37-36-41-49-43-46)40-35-33-31-29-27-25-23-21-19-17-15-13-11-9-7-5-2;/h12-15,18-21,36-37,41,43,47H,4-11,16-17,22-35,38-40,42,44-45H2,1-3H3;1H4/b14-12-,15-13-,20-18-,21-19-;. The predicted molar refractivity (Wildman–Crippen MR) is 233 cm³/mol. The number of hydrogen-bond acceptors (Lipinski definition) is 4. The summed E-state index contributed by atoms with van der Waals surface area (Å²) < 4.78 is 13.4. The van der Waals surface area contributed by atoms with Gasteiger partial charge in [0.25, 0.3) is 0 Å². The molecule has 1 aromatic rings. The zero-order valence-electron chi connectivity index (χ0n) is 34.4. The van der Waals surface area contributed by atoms with Gasteiger partial charge in [0.05, 0.1) is 12.7 Å². The summed E-state index contributed by atoms with van der Waals surface area (Å²) in [6, 6.07) is 4.18. The molecule has 4 heteroatoms. The number of ether oxygens (including phenoxy) is 2. The molecule has 0 amide bonds. The van der Waals surface area contributed by atoms with E-state index in [4.69, 9.17) is 9.47 Å². The number of rotatable bonds is 35. The molecule has 0 aliphatic carbocycles. The zero-order chi connectivity index (χ0) is 37.1. The van der Waals surface area contributed by atoms with Gasteiger partial charge in [0.2, 0.25) is 0 Å². The summed E-state index contributed by atoms with van der Waals surface area (Å²) in [7, 11) is 2.20. The minimum absolute atomic E-state index is 0. The summed E-state index contributed by atoms with van der Waals surface area (Å²) in [4.78, 5) is 6.66. The van der Waals surface area contributed by atoms with Crippen LogP contribution < -0.4 is 0 Å². The Hall–Kier alpha value is -2.01. The SMILES string of the molecule is C.CCCCC/C=C\C/C=C\CCCCCCCCC1(CCCCCCCC/C=C\C/C=C\CCCCC)OCC(CCN(C)Cc2cccnc2)O1. The highest BCUT2D eigenvalue weighted by molar-refractivity contribution is 5.07. The molecule has 1 unspecified atom stereocenters. The molecule has 1 fully saturated rings. The Kier molecular flexibility index (Phi) is 33.0. The summed E-state index contributed by atoms with van der Waals surface area (Å²) in [6.07, 6.45) is 56.7. The van der Waals surface area contributed by atoms with Crippen LogP contribution in [0.15, 0.2) is 73.1 Å². The molecule has 1 aromatic heterocycles. The van der Waals surface area contributed by atoms with E-state index in [0.29, 0.717) is 0 Å². The lowest BCUT2D eigenvalue weighted by atomic mass is 9.98. The molecule has 4 nitrogen and oxygen atoms in total. The van der Waals surface area contributed by atoms with E-state index in [0.717, 1.165) is 51.8 Å². The van der Waals surface area contributed by atoms with Gasteiger partial charge < -0.3 is 14.4 Å². The highest BCUT2D eigenvalue weighted by atomic mass is 16.7. The minimum Gasteiger partial charge on any atom is -0.347 e. The van der Waals surface area contributed by atoms with Crippen molar-refractivity contribution in [3.05, 3.63) is 78.7 Å². The molecule has 1 atom stereocenters.